The van der Waals surface area contributed by atoms with Gasteiger partial charge in [-0.1, -0.05) is 23.3 Å². The molecule has 100 valence electrons. The summed E-state index contributed by atoms with van der Waals surface area (Å²) in [5.41, 5.74) is 12.3. The summed E-state index contributed by atoms with van der Waals surface area (Å²) in [4.78, 5) is 10.5. The van der Waals surface area contributed by atoms with Crippen molar-refractivity contribution in [2.24, 2.45) is 16.8 Å². The lowest BCUT2D eigenvalue weighted by atomic mass is 9.90. The SMILES string of the molecule is C=C(C)[C@H]1CCC(C)=C1CC/C(C)=N\NC(N)=O. The molecule has 0 aromatic carbocycles. The molecule has 0 aromatic rings. The number of nitrogens with two attached hydrogens (primary N) is 1. The first-order valence-electron chi connectivity index (χ1n) is 6.34. The molecule has 0 bridgehead atoms. The van der Waals surface area contributed by atoms with Gasteiger partial charge in [0.15, 0.2) is 0 Å². The van der Waals surface area contributed by atoms with Gasteiger partial charge in [-0.3, -0.25) is 0 Å². The Hall–Kier alpha value is -1.58. The molecule has 2 amide bonds. The maximum Gasteiger partial charge on any atom is 0.332 e. The van der Waals surface area contributed by atoms with E-state index >= 15 is 0 Å². The van der Waals surface area contributed by atoms with E-state index in [1.807, 2.05) is 6.92 Å². The number of hydrazone groups is 1. The third kappa shape index (κ3) is 4.02. The summed E-state index contributed by atoms with van der Waals surface area (Å²) in [7, 11) is 0. The Kier molecular flexibility index (Phi) is 5.13. The van der Waals surface area contributed by atoms with Crippen molar-refractivity contribution in [3.8, 4) is 0 Å². The minimum absolute atomic E-state index is 0.530. The van der Waals surface area contributed by atoms with Gasteiger partial charge in [-0.15, -0.1) is 0 Å². The van der Waals surface area contributed by atoms with Crippen molar-refractivity contribution in [2.75, 3.05) is 0 Å². The highest BCUT2D eigenvalue weighted by Crippen LogP contribution is 2.38. The summed E-state index contributed by atoms with van der Waals surface area (Å²) in [6, 6.07) is -0.620. The van der Waals surface area contributed by atoms with Gasteiger partial charge >= 0.3 is 6.03 Å². The van der Waals surface area contributed by atoms with Gasteiger partial charge < -0.3 is 5.73 Å². The second-order valence-corrected chi connectivity index (χ2v) is 5.07. The van der Waals surface area contributed by atoms with Gasteiger partial charge in [0.2, 0.25) is 0 Å². The van der Waals surface area contributed by atoms with E-state index in [1.165, 1.54) is 29.6 Å². The van der Waals surface area contributed by atoms with Crippen molar-refractivity contribution in [3.05, 3.63) is 23.3 Å². The Morgan fingerprint density at radius 3 is 2.78 bits per heavy atom. The van der Waals surface area contributed by atoms with Crippen LogP contribution in [-0.4, -0.2) is 11.7 Å². The smallest absolute Gasteiger partial charge is 0.332 e. The Balaban J connectivity index is 2.57. The molecule has 0 saturated heterocycles. The second-order valence-electron chi connectivity index (χ2n) is 5.07. The molecule has 1 rings (SSSR count). The first-order valence-corrected chi connectivity index (χ1v) is 6.34. The number of rotatable bonds is 5. The van der Waals surface area contributed by atoms with Crippen molar-refractivity contribution in [3.63, 3.8) is 0 Å². The maximum absolute atomic E-state index is 10.5. The van der Waals surface area contributed by atoms with Gasteiger partial charge in [0.25, 0.3) is 0 Å². The van der Waals surface area contributed by atoms with E-state index in [0.717, 1.165) is 18.6 Å². The van der Waals surface area contributed by atoms with E-state index < -0.39 is 6.03 Å². The van der Waals surface area contributed by atoms with Gasteiger partial charge in [-0.2, -0.15) is 5.10 Å². The number of nitrogens with one attached hydrogen (secondary N) is 1. The van der Waals surface area contributed by atoms with E-state index in [1.54, 1.807) is 0 Å². The molecule has 4 heteroatoms. The van der Waals surface area contributed by atoms with Crippen LogP contribution in [0.1, 0.15) is 46.5 Å². The first kappa shape index (κ1) is 14.5. The summed E-state index contributed by atoms with van der Waals surface area (Å²) in [5.74, 6) is 0.530. The molecule has 0 spiro atoms. The zero-order chi connectivity index (χ0) is 13.7. The average molecular weight is 249 g/mol. The molecule has 0 aromatic heterocycles. The number of urea groups is 1. The van der Waals surface area contributed by atoms with Gasteiger partial charge in [-0.25, -0.2) is 10.2 Å². The van der Waals surface area contributed by atoms with Crippen LogP contribution in [0.15, 0.2) is 28.4 Å². The van der Waals surface area contributed by atoms with E-state index in [4.69, 9.17) is 5.73 Å². The Bertz CT molecular complexity index is 407. The summed E-state index contributed by atoms with van der Waals surface area (Å²) in [6.45, 7) is 10.3. The topological polar surface area (TPSA) is 67.5 Å². The van der Waals surface area contributed by atoms with Gasteiger partial charge in [0.1, 0.15) is 0 Å². The van der Waals surface area contributed by atoms with E-state index in [2.05, 4.69) is 31.0 Å². The predicted octanol–water partition coefficient (Wildman–Crippen LogP) is 3.11. The van der Waals surface area contributed by atoms with E-state index in [-0.39, 0.29) is 0 Å². The van der Waals surface area contributed by atoms with Gasteiger partial charge in [-0.05, 0) is 46.5 Å². The summed E-state index contributed by atoms with van der Waals surface area (Å²) in [6.07, 6.45) is 4.19. The molecule has 0 heterocycles. The molecular formula is C14H23N3O. The van der Waals surface area contributed by atoms with Crippen LogP contribution < -0.4 is 11.2 Å². The first-order chi connectivity index (χ1) is 8.41. The van der Waals surface area contributed by atoms with E-state index in [9.17, 15) is 4.79 Å². The van der Waals surface area contributed by atoms with Crippen LogP contribution in [0.25, 0.3) is 0 Å². The van der Waals surface area contributed by atoms with Crippen molar-refractivity contribution in [1.82, 2.24) is 5.43 Å². The fourth-order valence-corrected chi connectivity index (χ4v) is 2.45. The number of nitrogens with zero attached hydrogens (tertiary/aromatic N) is 1. The fraction of sp³-hybridized carbons (Fsp3) is 0.571. The zero-order valence-corrected chi connectivity index (χ0v) is 11.5. The molecule has 0 saturated carbocycles. The number of hydrogen-bond acceptors (Lipinski definition) is 2. The second kappa shape index (κ2) is 6.38. The van der Waals surface area contributed by atoms with Crippen molar-refractivity contribution >= 4 is 11.7 Å². The maximum atomic E-state index is 10.5. The molecule has 0 fully saturated rings. The lowest BCUT2D eigenvalue weighted by Gasteiger charge is -2.15. The molecule has 1 aliphatic carbocycles. The monoisotopic (exact) mass is 249 g/mol. The highest BCUT2D eigenvalue weighted by molar-refractivity contribution is 5.83. The average Bonchev–Trinajstić information content (AvgIpc) is 2.65. The molecule has 0 radical (unpaired) electrons. The Morgan fingerprint density at radius 2 is 2.22 bits per heavy atom. The minimum Gasteiger partial charge on any atom is -0.350 e. The van der Waals surface area contributed by atoms with E-state index in [0.29, 0.717) is 5.92 Å². The van der Waals surface area contributed by atoms with Gasteiger partial charge in [0, 0.05) is 11.6 Å². The highest BCUT2D eigenvalue weighted by Gasteiger charge is 2.23. The van der Waals surface area contributed by atoms with Crippen LogP contribution in [0.2, 0.25) is 0 Å². The van der Waals surface area contributed by atoms with Crippen LogP contribution in [0.3, 0.4) is 0 Å². The third-order valence-electron chi connectivity index (χ3n) is 3.48. The molecular weight excluding hydrogens is 226 g/mol. The van der Waals surface area contributed by atoms with Crippen LogP contribution >= 0.6 is 0 Å². The summed E-state index contributed by atoms with van der Waals surface area (Å²) < 4.78 is 0. The third-order valence-corrected chi connectivity index (χ3v) is 3.48. The minimum atomic E-state index is -0.620. The summed E-state index contributed by atoms with van der Waals surface area (Å²) in [5, 5.41) is 3.93. The quantitative estimate of drug-likeness (QED) is 0.439. The van der Waals surface area contributed by atoms with Crippen LogP contribution in [0, 0.1) is 5.92 Å². The van der Waals surface area contributed by atoms with Crippen LogP contribution in [0.5, 0.6) is 0 Å². The lowest BCUT2D eigenvalue weighted by molar-refractivity contribution is 0.249. The molecule has 4 nitrogen and oxygen atoms in total. The van der Waals surface area contributed by atoms with Crippen molar-refractivity contribution in [2.45, 2.75) is 46.5 Å². The standard InChI is InChI=1S/C14H23N3O/c1-9(2)12-7-5-10(3)13(12)8-6-11(4)16-17-14(15)18/h12H,1,5-8H2,2-4H3,(H3,15,17,18)/b16-11-/t12-/m1/s1. The normalized spacial score (nSPS) is 20.2. The Morgan fingerprint density at radius 1 is 1.56 bits per heavy atom. The number of allylic oxidation sites excluding steroid dienone is 3. The number of hydrogen-bond donors (Lipinski definition) is 2. The zero-order valence-electron chi connectivity index (χ0n) is 11.5. The molecule has 1 aliphatic rings. The number of carbonyl (C=O) groups is 1. The molecule has 0 unspecified atom stereocenters. The highest BCUT2D eigenvalue weighted by atomic mass is 16.2. The largest absolute Gasteiger partial charge is 0.350 e. The molecule has 0 aliphatic heterocycles. The Labute approximate surface area is 109 Å². The van der Waals surface area contributed by atoms with Crippen LogP contribution in [0.4, 0.5) is 4.79 Å². The summed E-state index contributed by atoms with van der Waals surface area (Å²) >= 11 is 0. The fourth-order valence-electron chi connectivity index (χ4n) is 2.45. The number of amides is 2. The predicted molar refractivity (Wildman–Crippen MR) is 75.3 cm³/mol. The molecule has 1 atom stereocenters. The van der Waals surface area contributed by atoms with Gasteiger partial charge in [0.05, 0.1) is 0 Å². The number of carbonyl (C=O) groups excluding carboxylic acids is 1. The number of primary amides is 1. The molecule has 18 heavy (non-hydrogen) atoms. The lowest BCUT2D eigenvalue weighted by Crippen LogP contribution is -2.25. The van der Waals surface area contributed by atoms with Crippen LogP contribution in [-0.2, 0) is 0 Å². The van der Waals surface area contributed by atoms with Crippen molar-refractivity contribution in [1.29, 1.82) is 0 Å². The van der Waals surface area contributed by atoms with Crippen molar-refractivity contribution < 1.29 is 4.79 Å². The molecule has 3 N–H and O–H groups in total.